The zero-order valence-electron chi connectivity index (χ0n) is 21.6. The molecule has 4 atom stereocenters. The maximum absolute atomic E-state index is 10.9. The molecule has 12 nitrogen and oxygen atoms in total. The van der Waals surface area contributed by atoms with Gasteiger partial charge in [-0.15, -0.1) is 0 Å². The minimum absolute atomic E-state index is 0.0736. The van der Waals surface area contributed by atoms with Gasteiger partial charge in [0.15, 0.2) is 0 Å². The van der Waals surface area contributed by atoms with Gasteiger partial charge < -0.3 is 29.5 Å². The predicted molar refractivity (Wildman–Crippen MR) is 157 cm³/mol. The predicted octanol–water partition coefficient (Wildman–Crippen LogP) is 3.58. The van der Waals surface area contributed by atoms with Gasteiger partial charge >= 0.3 is 15.6 Å². The second kappa shape index (κ2) is 17.1. The summed E-state index contributed by atoms with van der Waals surface area (Å²) in [5, 5.41) is 36.8. The van der Waals surface area contributed by atoms with Crippen molar-refractivity contribution in [1.82, 2.24) is 0 Å². The quantitative estimate of drug-likeness (QED) is 0.0842. The third kappa shape index (κ3) is 12.8. The van der Waals surface area contributed by atoms with Crippen LogP contribution in [0.25, 0.3) is 11.1 Å². The minimum Gasteiger partial charge on any atom is -0.404 e. The van der Waals surface area contributed by atoms with Crippen LogP contribution in [0, 0.1) is 0 Å². The second-order valence-corrected chi connectivity index (χ2v) is 11.9. The van der Waals surface area contributed by atoms with Gasteiger partial charge in [0.05, 0.1) is 12.2 Å². The molecule has 0 aliphatic heterocycles. The van der Waals surface area contributed by atoms with E-state index in [0.29, 0.717) is 12.8 Å². The SMILES string of the molecule is CC/C(=C(/CC)c1ccc(OP(=O)(O)O)cc1)c1ccc(OP(=O)(O)O)cc1.O[C@H]([C@H](O)[C@@H](O)CBr)[C@H](O)CBr. The topological polar surface area (TPSA) is 214 Å². The van der Waals surface area contributed by atoms with Crippen molar-refractivity contribution in [3.8, 4) is 11.5 Å². The van der Waals surface area contributed by atoms with Crippen molar-refractivity contribution >= 4 is 58.7 Å². The second-order valence-electron chi connectivity index (χ2n) is 8.30. The van der Waals surface area contributed by atoms with Crippen LogP contribution in [0.2, 0.25) is 0 Å². The molecule has 0 aliphatic carbocycles. The molecule has 0 fully saturated rings. The maximum Gasteiger partial charge on any atom is 0.524 e. The molecule has 0 bridgehead atoms. The Labute approximate surface area is 249 Å². The van der Waals surface area contributed by atoms with Gasteiger partial charge in [-0.3, -0.25) is 19.6 Å². The van der Waals surface area contributed by atoms with Gasteiger partial charge in [0.1, 0.15) is 23.7 Å². The number of hydrogen-bond donors (Lipinski definition) is 8. The van der Waals surface area contributed by atoms with E-state index < -0.39 is 40.1 Å². The molecule has 0 spiro atoms. The molecular formula is C24H34Br2O12P2. The van der Waals surface area contributed by atoms with E-state index in [1.54, 1.807) is 24.3 Å². The maximum atomic E-state index is 10.9. The van der Waals surface area contributed by atoms with Gasteiger partial charge in [0, 0.05) is 10.7 Å². The van der Waals surface area contributed by atoms with Crippen LogP contribution < -0.4 is 9.05 Å². The van der Waals surface area contributed by atoms with Crippen molar-refractivity contribution in [2.45, 2.75) is 51.1 Å². The first kappa shape index (κ1) is 36.9. The molecule has 0 aliphatic rings. The van der Waals surface area contributed by atoms with Gasteiger partial charge in [-0.05, 0) is 59.4 Å². The lowest BCUT2D eigenvalue weighted by molar-refractivity contribution is -0.0916. The highest BCUT2D eigenvalue weighted by Gasteiger charge is 2.28. The number of halogens is 2. The van der Waals surface area contributed by atoms with E-state index in [4.69, 9.17) is 29.8 Å². The number of phosphoric acid groups is 2. The summed E-state index contributed by atoms with van der Waals surface area (Å²) in [6, 6.07) is 12.9. The van der Waals surface area contributed by atoms with E-state index >= 15 is 0 Å². The monoisotopic (exact) mass is 734 g/mol. The lowest BCUT2D eigenvalue weighted by Gasteiger charge is -2.24. The average Bonchev–Trinajstić information content (AvgIpc) is 2.89. The lowest BCUT2D eigenvalue weighted by atomic mass is 9.91. The number of aliphatic hydroxyl groups excluding tert-OH is 4. The molecule has 0 unspecified atom stereocenters. The molecule has 0 heterocycles. The molecule has 0 aromatic heterocycles. The van der Waals surface area contributed by atoms with Crippen LogP contribution in [-0.2, 0) is 9.13 Å². The number of rotatable bonds is 13. The molecule has 0 saturated carbocycles. The molecule has 8 N–H and O–H groups in total. The van der Waals surface area contributed by atoms with E-state index in [-0.39, 0.29) is 22.2 Å². The van der Waals surface area contributed by atoms with Gasteiger partial charge in [-0.1, -0.05) is 70.0 Å². The van der Waals surface area contributed by atoms with E-state index in [1.807, 2.05) is 13.8 Å². The molecular weight excluding hydrogens is 702 g/mol. The van der Waals surface area contributed by atoms with Crippen molar-refractivity contribution < 1.29 is 58.2 Å². The number of phosphoric ester groups is 2. The lowest BCUT2D eigenvalue weighted by Crippen LogP contribution is -2.45. The zero-order valence-corrected chi connectivity index (χ0v) is 26.6. The molecule has 226 valence electrons. The molecule has 2 aromatic rings. The van der Waals surface area contributed by atoms with Crippen molar-refractivity contribution in [1.29, 1.82) is 0 Å². The van der Waals surface area contributed by atoms with Crippen molar-refractivity contribution in [3.63, 3.8) is 0 Å². The average molecular weight is 736 g/mol. The van der Waals surface area contributed by atoms with E-state index in [2.05, 4.69) is 40.9 Å². The molecule has 0 amide bonds. The minimum atomic E-state index is -4.61. The van der Waals surface area contributed by atoms with Crippen LogP contribution in [0.4, 0.5) is 0 Å². The highest BCUT2D eigenvalue weighted by molar-refractivity contribution is 9.09. The summed E-state index contributed by atoms with van der Waals surface area (Å²) in [6.45, 7) is 3.99. The fourth-order valence-corrected chi connectivity index (χ4v) is 5.09. The van der Waals surface area contributed by atoms with Crippen molar-refractivity contribution in [3.05, 3.63) is 59.7 Å². The molecule has 2 aromatic carbocycles. The Kier molecular flexibility index (Phi) is 15.8. The van der Waals surface area contributed by atoms with Gasteiger partial charge in [-0.25, -0.2) is 9.13 Å². The summed E-state index contributed by atoms with van der Waals surface area (Å²) < 4.78 is 31.0. The fourth-order valence-electron chi connectivity index (χ4n) is 3.53. The zero-order chi connectivity index (χ0) is 30.7. The fraction of sp³-hybridized carbons (Fsp3) is 0.417. The van der Waals surface area contributed by atoms with Gasteiger partial charge in [-0.2, -0.15) is 0 Å². The number of hydrogen-bond acceptors (Lipinski definition) is 8. The van der Waals surface area contributed by atoms with Gasteiger partial charge in [0.2, 0.25) is 0 Å². The van der Waals surface area contributed by atoms with E-state index in [0.717, 1.165) is 22.3 Å². The molecule has 2 rings (SSSR count). The highest BCUT2D eigenvalue weighted by Crippen LogP contribution is 2.40. The van der Waals surface area contributed by atoms with Crippen LogP contribution in [0.15, 0.2) is 48.5 Å². The third-order valence-electron chi connectivity index (χ3n) is 5.38. The van der Waals surface area contributed by atoms with E-state index in [9.17, 15) is 19.3 Å². The highest BCUT2D eigenvalue weighted by atomic mass is 79.9. The number of aliphatic hydroxyl groups is 4. The Balaban J connectivity index is 0.000000562. The largest absolute Gasteiger partial charge is 0.524 e. The van der Waals surface area contributed by atoms with Crippen LogP contribution in [0.5, 0.6) is 11.5 Å². The molecule has 0 radical (unpaired) electrons. The van der Waals surface area contributed by atoms with Crippen LogP contribution in [-0.4, -0.2) is 75.1 Å². The molecule has 40 heavy (non-hydrogen) atoms. The Morgan fingerprint density at radius 2 is 0.925 bits per heavy atom. The number of alkyl halides is 2. The first-order valence-electron chi connectivity index (χ1n) is 11.8. The van der Waals surface area contributed by atoms with Crippen molar-refractivity contribution in [2.75, 3.05) is 10.7 Å². The van der Waals surface area contributed by atoms with Crippen LogP contribution in [0.1, 0.15) is 37.8 Å². The standard InChI is InChI=1S/C18H22O8P2.C6H12Br2O4/c1-3-17(13-5-9-15(10-6-13)25-27(19,20)21)18(4-2)14-7-11-16(12-8-14)26-28(22,23)24;7-1-3(9)5(11)6(12)4(10)2-8/h5-12H,3-4H2,1-2H3,(H2,19,20,21)(H2,22,23,24);3-6,9-12H,1-2H2/b18-17+;/t;3-,4+,5+,6-. The molecule has 0 saturated heterocycles. The van der Waals surface area contributed by atoms with Crippen LogP contribution in [0.3, 0.4) is 0 Å². The Morgan fingerprint density at radius 1 is 0.650 bits per heavy atom. The Morgan fingerprint density at radius 3 is 1.12 bits per heavy atom. The van der Waals surface area contributed by atoms with Crippen molar-refractivity contribution in [2.24, 2.45) is 0 Å². The van der Waals surface area contributed by atoms with E-state index in [1.165, 1.54) is 24.3 Å². The first-order chi connectivity index (χ1) is 18.6. The Hall–Kier alpha value is -1.12. The third-order valence-corrected chi connectivity index (χ3v) is 7.60. The number of benzene rings is 2. The summed E-state index contributed by atoms with van der Waals surface area (Å²) in [5.74, 6) is 0.147. The summed E-state index contributed by atoms with van der Waals surface area (Å²) in [7, 11) is -9.21. The number of allylic oxidation sites excluding steroid dienone is 2. The van der Waals surface area contributed by atoms with Gasteiger partial charge in [0.25, 0.3) is 0 Å². The summed E-state index contributed by atoms with van der Waals surface area (Å²) in [6.07, 6.45) is -3.40. The summed E-state index contributed by atoms with van der Waals surface area (Å²) in [5.41, 5.74) is 3.84. The normalized spacial score (nSPS) is 15.6. The Bertz CT molecular complexity index is 1070. The first-order valence-corrected chi connectivity index (χ1v) is 17.1. The summed E-state index contributed by atoms with van der Waals surface area (Å²) >= 11 is 5.88. The van der Waals surface area contributed by atoms with Crippen LogP contribution >= 0.6 is 47.5 Å². The summed E-state index contributed by atoms with van der Waals surface area (Å²) in [4.78, 5) is 35.5. The smallest absolute Gasteiger partial charge is 0.404 e. The molecule has 16 heteroatoms.